The second kappa shape index (κ2) is 6.16. The summed E-state index contributed by atoms with van der Waals surface area (Å²) >= 11 is 0. The average molecular weight is 334 g/mol. The molecule has 0 aliphatic carbocycles. The van der Waals surface area contributed by atoms with Gasteiger partial charge < -0.3 is 13.6 Å². The highest BCUT2D eigenvalue weighted by Crippen LogP contribution is 2.26. The summed E-state index contributed by atoms with van der Waals surface area (Å²) < 4.78 is 15.8. The second-order valence-electron chi connectivity index (χ2n) is 5.40. The molecule has 2 aromatic carbocycles. The van der Waals surface area contributed by atoms with Crippen LogP contribution in [-0.2, 0) is 0 Å². The zero-order chi connectivity index (χ0) is 17.2. The number of methoxy groups -OCH3 is 1. The lowest BCUT2D eigenvalue weighted by Gasteiger charge is -2.03. The Hall–Kier alpha value is -3.54. The summed E-state index contributed by atoms with van der Waals surface area (Å²) in [7, 11) is 1.55. The summed E-state index contributed by atoms with van der Waals surface area (Å²) in [5.74, 6) is 0.287. The molecule has 0 unspecified atom stereocenters. The number of nitrogens with zero attached hydrogens (tertiary/aromatic N) is 1. The Balaban J connectivity index is 1.60. The van der Waals surface area contributed by atoms with Crippen molar-refractivity contribution in [2.75, 3.05) is 12.4 Å². The number of rotatable bonds is 4. The van der Waals surface area contributed by atoms with Crippen LogP contribution in [0.5, 0.6) is 5.75 Å². The molecule has 0 radical (unpaired) electrons. The molecule has 0 saturated heterocycles. The molecule has 6 nitrogen and oxygen atoms in total. The molecule has 0 saturated carbocycles. The number of fused-ring (bicyclic) bond motifs is 1. The van der Waals surface area contributed by atoms with E-state index in [9.17, 15) is 4.79 Å². The van der Waals surface area contributed by atoms with Gasteiger partial charge in [-0.25, -0.2) is 0 Å². The van der Waals surface area contributed by atoms with Gasteiger partial charge in [0.1, 0.15) is 11.3 Å². The largest absolute Gasteiger partial charge is 0.497 e. The lowest BCUT2D eigenvalue weighted by molar-refractivity contribution is 0.102. The number of carbonyl (C=O) groups is 1. The third-order valence-corrected chi connectivity index (χ3v) is 3.79. The van der Waals surface area contributed by atoms with Crippen molar-refractivity contribution in [1.29, 1.82) is 0 Å². The third kappa shape index (κ3) is 2.97. The minimum Gasteiger partial charge on any atom is -0.497 e. The van der Waals surface area contributed by atoms with Crippen molar-refractivity contribution in [3.63, 3.8) is 0 Å². The molecule has 0 aliphatic rings. The first kappa shape index (κ1) is 15.0. The Morgan fingerprint density at radius 1 is 1.12 bits per heavy atom. The van der Waals surface area contributed by atoms with Gasteiger partial charge in [-0.2, -0.15) is 4.98 Å². The number of hydrogen-bond donors (Lipinski definition) is 1. The topological polar surface area (TPSA) is 77.5 Å². The molecule has 4 aromatic rings. The van der Waals surface area contributed by atoms with Crippen LogP contribution in [0.25, 0.3) is 22.2 Å². The van der Waals surface area contributed by atoms with Crippen molar-refractivity contribution in [1.82, 2.24) is 4.98 Å². The smallest absolute Gasteiger partial charge is 0.302 e. The van der Waals surface area contributed by atoms with Crippen molar-refractivity contribution in [3.8, 4) is 16.9 Å². The highest BCUT2D eigenvalue weighted by atomic mass is 16.5. The molecule has 0 fully saturated rings. The van der Waals surface area contributed by atoms with Gasteiger partial charge >= 0.3 is 6.01 Å². The van der Waals surface area contributed by atoms with Crippen LogP contribution in [-0.4, -0.2) is 18.0 Å². The van der Waals surface area contributed by atoms with E-state index in [-0.39, 0.29) is 11.9 Å². The molecule has 6 heteroatoms. The highest BCUT2D eigenvalue weighted by Gasteiger charge is 2.13. The van der Waals surface area contributed by atoms with Crippen LogP contribution in [0.1, 0.15) is 10.4 Å². The Morgan fingerprint density at radius 2 is 2.04 bits per heavy atom. The summed E-state index contributed by atoms with van der Waals surface area (Å²) in [5, 5.41) is 2.66. The van der Waals surface area contributed by atoms with Gasteiger partial charge in [0, 0.05) is 11.1 Å². The normalized spacial score (nSPS) is 10.8. The minimum absolute atomic E-state index is 0.146. The van der Waals surface area contributed by atoms with Crippen molar-refractivity contribution in [3.05, 3.63) is 66.6 Å². The maximum Gasteiger partial charge on any atom is 0.302 e. The number of carbonyl (C=O) groups excluding carboxylic acids is 1. The van der Waals surface area contributed by atoms with Gasteiger partial charge in [-0.1, -0.05) is 12.1 Å². The quantitative estimate of drug-likeness (QED) is 0.600. The molecular formula is C19H14N2O4. The summed E-state index contributed by atoms with van der Waals surface area (Å²) in [5.41, 5.74) is 3.61. The van der Waals surface area contributed by atoms with E-state index in [0.717, 1.165) is 11.1 Å². The predicted molar refractivity (Wildman–Crippen MR) is 92.7 cm³/mol. The van der Waals surface area contributed by atoms with E-state index < -0.39 is 0 Å². The van der Waals surface area contributed by atoms with Gasteiger partial charge in [0.25, 0.3) is 5.91 Å². The van der Waals surface area contributed by atoms with E-state index >= 15 is 0 Å². The molecule has 25 heavy (non-hydrogen) atoms. The molecule has 0 aliphatic heterocycles. The molecule has 124 valence electrons. The van der Waals surface area contributed by atoms with Crippen molar-refractivity contribution in [2.45, 2.75) is 0 Å². The van der Waals surface area contributed by atoms with Crippen LogP contribution in [0.15, 0.2) is 69.9 Å². The van der Waals surface area contributed by atoms with Gasteiger partial charge in [0.2, 0.25) is 0 Å². The van der Waals surface area contributed by atoms with Gasteiger partial charge in [-0.15, -0.1) is 0 Å². The molecule has 1 amide bonds. The van der Waals surface area contributed by atoms with Gasteiger partial charge in [-0.05, 0) is 42.0 Å². The second-order valence-corrected chi connectivity index (χ2v) is 5.40. The lowest BCUT2D eigenvalue weighted by Crippen LogP contribution is -2.12. The van der Waals surface area contributed by atoms with Crippen LogP contribution >= 0.6 is 0 Å². The van der Waals surface area contributed by atoms with E-state index in [2.05, 4.69) is 10.3 Å². The summed E-state index contributed by atoms with van der Waals surface area (Å²) in [4.78, 5) is 16.7. The first-order chi connectivity index (χ1) is 12.2. The first-order valence-electron chi connectivity index (χ1n) is 7.61. The van der Waals surface area contributed by atoms with Crippen molar-refractivity contribution < 1.29 is 18.4 Å². The Morgan fingerprint density at radius 3 is 2.84 bits per heavy atom. The monoisotopic (exact) mass is 334 g/mol. The molecule has 2 heterocycles. The van der Waals surface area contributed by atoms with Gasteiger partial charge in [0.15, 0.2) is 5.58 Å². The summed E-state index contributed by atoms with van der Waals surface area (Å²) in [6.45, 7) is 0. The Labute approximate surface area is 143 Å². The molecule has 2 aromatic heterocycles. The Kier molecular flexibility index (Phi) is 3.70. The molecule has 0 atom stereocenters. The maximum atomic E-state index is 12.3. The third-order valence-electron chi connectivity index (χ3n) is 3.79. The van der Waals surface area contributed by atoms with Gasteiger partial charge in [-0.3, -0.25) is 10.1 Å². The first-order valence-corrected chi connectivity index (χ1v) is 7.61. The number of anilines is 1. The molecule has 0 spiro atoms. The number of oxazole rings is 1. The van der Waals surface area contributed by atoms with Crippen LogP contribution in [0, 0.1) is 0 Å². The van der Waals surface area contributed by atoms with Crippen molar-refractivity contribution >= 4 is 23.0 Å². The zero-order valence-electron chi connectivity index (χ0n) is 13.4. The summed E-state index contributed by atoms with van der Waals surface area (Å²) in [6.07, 6.45) is 3.27. The average Bonchev–Trinajstić information content (AvgIpc) is 3.30. The number of furan rings is 1. The fraction of sp³-hybridized carbons (Fsp3) is 0.0526. The predicted octanol–water partition coefficient (Wildman–Crippen LogP) is 4.35. The number of ether oxygens (including phenoxy) is 1. The van der Waals surface area contributed by atoms with Crippen LogP contribution in [0.2, 0.25) is 0 Å². The minimum atomic E-state index is -0.319. The molecular weight excluding hydrogens is 320 g/mol. The van der Waals surface area contributed by atoms with E-state index in [4.69, 9.17) is 13.6 Å². The van der Waals surface area contributed by atoms with E-state index in [1.54, 1.807) is 43.9 Å². The molecule has 4 rings (SSSR count). The van der Waals surface area contributed by atoms with Gasteiger partial charge in [0.05, 0.1) is 19.6 Å². The Bertz CT molecular complexity index is 1030. The number of aromatic nitrogens is 1. The zero-order valence-corrected chi connectivity index (χ0v) is 13.4. The molecule has 0 bridgehead atoms. The molecule has 1 N–H and O–H groups in total. The lowest BCUT2D eigenvalue weighted by atomic mass is 10.1. The number of benzene rings is 2. The number of amides is 1. The van der Waals surface area contributed by atoms with Crippen molar-refractivity contribution in [2.24, 2.45) is 0 Å². The SMILES string of the molecule is COc1cccc(C(=O)Nc2nc3cc(-c4ccoc4)ccc3o2)c1. The fourth-order valence-corrected chi connectivity index (χ4v) is 2.52. The maximum absolute atomic E-state index is 12.3. The fourth-order valence-electron chi connectivity index (χ4n) is 2.52. The van der Waals surface area contributed by atoms with Crippen LogP contribution in [0.4, 0.5) is 6.01 Å². The number of hydrogen-bond acceptors (Lipinski definition) is 5. The standard InChI is InChI=1S/C19H14N2O4/c1-23-15-4-2-3-13(9-15)18(22)21-19-20-16-10-12(5-6-17(16)25-19)14-7-8-24-11-14/h2-11H,1H3,(H,20,21,22). The summed E-state index contributed by atoms with van der Waals surface area (Å²) in [6, 6.07) is 14.5. The highest BCUT2D eigenvalue weighted by molar-refractivity contribution is 6.03. The van der Waals surface area contributed by atoms with E-state index in [0.29, 0.717) is 22.4 Å². The van der Waals surface area contributed by atoms with E-state index in [1.165, 1.54) is 0 Å². The number of nitrogens with one attached hydrogen (secondary N) is 1. The van der Waals surface area contributed by atoms with E-state index in [1.807, 2.05) is 24.3 Å². The van der Waals surface area contributed by atoms with Crippen LogP contribution in [0.3, 0.4) is 0 Å². The van der Waals surface area contributed by atoms with Crippen LogP contribution < -0.4 is 10.1 Å².